The maximum Gasteiger partial charge on any atom is 0.309 e. The summed E-state index contributed by atoms with van der Waals surface area (Å²) in [6.45, 7) is 4.38. The molecule has 2 aromatic carbocycles. The average molecular weight is 381 g/mol. The normalized spacial score (nSPS) is 10.3. The second-order valence-corrected chi connectivity index (χ2v) is 6.24. The summed E-state index contributed by atoms with van der Waals surface area (Å²) in [5.41, 5.74) is 2.09. The van der Waals surface area contributed by atoms with Crippen LogP contribution in [0.25, 0.3) is 0 Å². The highest BCUT2D eigenvalue weighted by molar-refractivity contribution is 6.32. The molecule has 0 spiro atoms. The van der Waals surface area contributed by atoms with Gasteiger partial charge in [-0.3, -0.25) is 9.59 Å². The first kappa shape index (κ1) is 21.3. The fourth-order valence-corrected chi connectivity index (χ4v) is 2.74. The van der Waals surface area contributed by atoms with Gasteiger partial charge in [0, 0.05) is 25.6 Å². The molecular weight excluding hydrogens is 357 g/mol. The first-order valence-electron chi connectivity index (χ1n) is 8.93. The molecule has 2 radical (unpaired) electrons. The summed E-state index contributed by atoms with van der Waals surface area (Å²) in [7, 11) is 8.82. The number of hydrogen-bond acceptors (Lipinski definition) is 5. The van der Waals surface area contributed by atoms with Crippen molar-refractivity contribution in [2.45, 2.75) is 26.8 Å². The Morgan fingerprint density at radius 3 is 2.36 bits per heavy atom. The fourth-order valence-electron chi connectivity index (χ4n) is 2.74. The van der Waals surface area contributed by atoms with Crippen LogP contribution in [0.4, 0.5) is 0 Å². The molecule has 0 aliphatic carbocycles. The van der Waals surface area contributed by atoms with Crippen LogP contribution in [-0.4, -0.2) is 45.4 Å². The predicted molar refractivity (Wildman–Crippen MR) is 107 cm³/mol. The zero-order valence-corrected chi connectivity index (χ0v) is 16.7. The lowest BCUT2D eigenvalue weighted by Crippen LogP contribution is -2.28. The number of esters is 1. The van der Waals surface area contributed by atoms with Gasteiger partial charge in [0.15, 0.2) is 11.5 Å². The van der Waals surface area contributed by atoms with E-state index in [-0.39, 0.29) is 18.3 Å². The minimum absolute atomic E-state index is 0.0338. The Labute approximate surface area is 166 Å². The molecule has 0 bridgehead atoms. The van der Waals surface area contributed by atoms with E-state index in [1.807, 2.05) is 6.92 Å². The summed E-state index contributed by atoms with van der Waals surface area (Å²) in [6, 6.07) is 10.5. The van der Waals surface area contributed by atoms with Gasteiger partial charge in [0.05, 0.1) is 20.6 Å². The molecule has 28 heavy (non-hydrogen) atoms. The largest absolute Gasteiger partial charge is 0.493 e. The third-order valence-electron chi connectivity index (χ3n) is 4.30. The van der Waals surface area contributed by atoms with Crippen LogP contribution >= 0.6 is 0 Å². The second kappa shape index (κ2) is 9.83. The summed E-state index contributed by atoms with van der Waals surface area (Å²) in [6.07, 6.45) is 0.124. The van der Waals surface area contributed by atoms with Crippen molar-refractivity contribution >= 4 is 25.2 Å². The highest BCUT2D eigenvalue weighted by atomic mass is 16.5. The topological polar surface area (TPSA) is 65.1 Å². The van der Waals surface area contributed by atoms with E-state index in [1.54, 1.807) is 48.4 Å². The summed E-state index contributed by atoms with van der Waals surface area (Å²) in [5, 5.41) is 0. The van der Waals surface area contributed by atoms with Gasteiger partial charge in [-0.25, -0.2) is 0 Å². The van der Waals surface area contributed by atoms with Crippen LogP contribution in [0.1, 0.15) is 25.0 Å². The van der Waals surface area contributed by atoms with Gasteiger partial charge in [-0.05, 0) is 30.7 Å². The molecule has 0 fully saturated rings. The summed E-state index contributed by atoms with van der Waals surface area (Å²) >= 11 is 0. The maximum atomic E-state index is 11.8. The molecule has 2 rings (SSSR count). The van der Waals surface area contributed by atoms with Crippen LogP contribution in [0.2, 0.25) is 0 Å². The number of carbonyl (C=O) groups excluding carboxylic acids is 2. The van der Waals surface area contributed by atoms with Crippen molar-refractivity contribution in [3.8, 4) is 17.2 Å². The number of hydrogen-bond donors (Lipinski definition) is 0. The molecule has 0 N–H and O–H groups in total. The van der Waals surface area contributed by atoms with Crippen molar-refractivity contribution in [1.82, 2.24) is 4.90 Å². The number of ether oxygens (including phenoxy) is 3. The molecule has 146 valence electrons. The maximum absolute atomic E-state index is 11.8. The molecule has 6 nitrogen and oxygen atoms in total. The molecule has 1 amide bonds. The Balaban J connectivity index is 2.37. The Bertz CT molecular complexity index is 853. The molecule has 2 aromatic rings. The van der Waals surface area contributed by atoms with Crippen molar-refractivity contribution in [2.24, 2.45) is 0 Å². The average Bonchev–Trinajstić information content (AvgIpc) is 2.67. The molecule has 0 aromatic heterocycles. The third-order valence-corrected chi connectivity index (χ3v) is 4.30. The van der Waals surface area contributed by atoms with Gasteiger partial charge in [-0.2, -0.15) is 0 Å². The van der Waals surface area contributed by atoms with E-state index in [2.05, 4.69) is 0 Å². The van der Waals surface area contributed by atoms with Crippen LogP contribution in [0.5, 0.6) is 17.2 Å². The fraction of sp³-hybridized carbons (Fsp3) is 0.333. The molecule has 0 saturated heterocycles. The van der Waals surface area contributed by atoms with E-state index in [0.717, 1.165) is 11.1 Å². The number of nitrogens with zero attached hydrogens (tertiary/aromatic N) is 1. The van der Waals surface area contributed by atoms with Crippen molar-refractivity contribution in [3.63, 3.8) is 0 Å². The highest BCUT2D eigenvalue weighted by Gasteiger charge is 2.15. The van der Waals surface area contributed by atoms with Gasteiger partial charge in [0.1, 0.15) is 13.6 Å². The molecule has 0 atom stereocenters. The molecule has 0 saturated carbocycles. The van der Waals surface area contributed by atoms with Gasteiger partial charge in [-0.15, -0.1) is 0 Å². The summed E-state index contributed by atoms with van der Waals surface area (Å²) in [5.74, 6) is 1.16. The zero-order chi connectivity index (χ0) is 20.7. The van der Waals surface area contributed by atoms with E-state index >= 15 is 0 Å². The quantitative estimate of drug-likeness (QED) is 0.519. The minimum Gasteiger partial charge on any atom is -0.493 e. The summed E-state index contributed by atoms with van der Waals surface area (Å²) < 4.78 is 16.2. The number of methoxy groups -OCH3 is 2. The van der Waals surface area contributed by atoms with Crippen LogP contribution < -0.4 is 14.9 Å². The summed E-state index contributed by atoms with van der Waals surface area (Å²) in [4.78, 5) is 25.1. The van der Waals surface area contributed by atoms with Gasteiger partial charge in [0.2, 0.25) is 5.91 Å². The first-order chi connectivity index (χ1) is 13.4. The zero-order valence-electron chi connectivity index (χ0n) is 16.7. The lowest BCUT2D eigenvalue weighted by Gasteiger charge is -2.22. The van der Waals surface area contributed by atoms with Crippen molar-refractivity contribution in [3.05, 3.63) is 47.5 Å². The molecule has 0 aliphatic rings. The van der Waals surface area contributed by atoms with Crippen molar-refractivity contribution in [2.75, 3.05) is 20.8 Å². The van der Waals surface area contributed by atoms with Gasteiger partial charge >= 0.3 is 5.97 Å². The van der Waals surface area contributed by atoms with Crippen molar-refractivity contribution in [1.29, 1.82) is 0 Å². The van der Waals surface area contributed by atoms with E-state index in [9.17, 15) is 9.59 Å². The SMILES string of the molecule is [B]c1ccc(Oc2cc(CC(=O)OC)ccc2OC)c(CN(CC)C(C)=O)c1. The van der Waals surface area contributed by atoms with E-state index in [4.69, 9.17) is 22.1 Å². The van der Waals surface area contributed by atoms with Gasteiger partial charge in [0.25, 0.3) is 0 Å². The molecule has 7 heteroatoms. The molecule has 0 unspecified atom stereocenters. The Morgan fingerprint density at radius 1 is 1.04 bits per heavy atom. The monoisotopic (exact) mass is 381 g/mol. The van der Waals surface area contributed by atoms with E-state index < -0.39 is 0 Å². The standard InChI is InChI=1S/C21H24BNO5/c1-5-23(14(2)24)13-16-12-17(22)7-9-18(16)28-20-10-15(11-21(25)27-4)6-8-19(20)26-3/h6-10,12H,5,11,13H2,1-4H3. The Hall–Kier alpha value is -2.96. The van der Waals surface area contributed by atoms with Crippen molar-refractivity contribution < 1.29 is 23.8 Å². The number of benzene rings is 2. The molecule has 0 aliphatic heterocycles. The Morgan fingerprint density at radius 2 is 1.75 bits per heavy atom. The predicted octanol–water partition coefficient (Wildman–Crippen LogP) is 2.37. The molecular formula is C21H24BNO5. The van der Waals surface area contributed by atoms with Crippen LogP contribution in [0, 0.1) is 0 Å². The first-order valence-corrected chi connectivity index (χ1v) is 8.93. The minimum atomic E-state index is -0.343. The second-order valence-electron chi connectivity index (χ2n) is 6.24. The number of carbonyl (C=O) groups is 2. The van der Waals surface area contributed by atoms with Gasteiger partial charge in [-0.1, -0.05) is 23.7 Å². The van der Waals surface area contributed by atoms with Crippen LogP contribution in [0.3, 0.4) is 0 Å². The Kier molecular flexibility index (Phi) is 7.49. The highest BCUT2D eigenvalue weighted by Crippen LogP contribution is 2.34. The van der Waals surface area contributed by atoms with Crippen LogP contribution in [-0.2, 0) is 27.3 Å². The van der Waals surface area contributed by atoms with Gasteiger partial charge < -0.3 is 19.1 Å². The third kappa shape index (κ3) is 5.52. The number of amides is 1. The van der Waals surface area contributed by atoms with E-state index in [1.165, 1.54) is 14.0 Å². The van der Waals surface area contributed by atoms with E-state index in [0.29, 0.717) is 35.8 Å². The lowest BCUT2D eigenvalue weighted by atomic mass is 9.94. The smallest absolute Gasteiger partial charge is 0.309 e. The lowest BCUT2D eigenvalue weighted by molar-refractivity contribution is -0.139. The molecule has 0 heterocycles. The number of rotatable bonds is 8. The van der Waals surface area contributed by atoms with Crippen LogP contribution in [0.15, 0.2) is 36.4 Å².